The van der Waals surface area contributed by atoms with Crippen LogP contribution in [0.3, 0.4) is 0 Å². The van der Waals surface area contributed by atoms with E-state index in [1.54, 1.807) is 0 Å². The number of nitrogens with one attached hydrogen (secondary N) is 2. The maximum Gasteiger partial charge on any atom is 0.237 e. The molecule has 1 atom stereocenters. The van der Waals surface area contributed by atoms with Crippen molar-refractivity contribution in [1.29, 1.82) is 0 Å². The summed E-state index contributed by atoms with van der Waals surface area (Å²) in [4.78, 5) is 23.0. The number of hydrogen-bond donors (Lipinski definition) is 3. The van der Waals surface area contributed by atoms with Crippen LogP contribution in [0.15, 0.2) is 24.3 Å². The number of carbonyl (C=O) groups excluding carboxylic acids is 2. The van der Waals surface area contributed by atoms with Crippen LogP contribution in [0.5, 0.6) is 0 Å². The number of rotatable bonds is 6. The normalized spacial score (nSPS) is 16.6. The van der Waals surface area contributed by atoms with E-state index < -0.39 is 6.04 Å². The second kappa shape index (κ2) is 8.64. The van der Waals surface area contributed by atoms with Gasteiger partial charge in [-0.3, -0.25) is 9.59 Å². The number of hydrogen-bond acceptors (Lipinski definition) is 4. The lowest BCUT2D eigenvalue weighted by molar-refractivity contribution is -0.124. The highest BCUT2D eigenvalue weighted by atomic mass is 16.5. The molecular formula is C17H25N3O3. The molecule has 0 spiro atoms. The molecule has 2 rings (SSSR count). The highest BCUT2D eigenvalue weighted by Crippen LogP contribution is 2.17. The van der Waals surface area contributed by atoms with Gasteiger partial charge in [-0.25, -0.2) is 0 Å². The molecule has 1 unspecified atom stereocenters. The number of ether oxygens (including phenoxy) is 1. The first kappa shape index (κ1) is 17.4. The van der Waals surface area contributed by atoms with Crippen LogP contribution < -0.4 is 16.4 Å². The SMILES string of the molecule is CC(=O)Nc1ccc(CCNC(=O)C(N)C2CCOCC2)cc1. The third kappa shape index (κ3) is 5.65. The first-order valence-corrected chi connectivity index (χ1v) is 8.04. The van der Waals surface area contributed by atoms with Crippen LogP contribution in [0.4, 0.5) is 5.69 Å². The summed E-state index contributed by atoms with van der Waals surface area (Å²) >= 11 is 0. The van der Waals surface area contributed by atoms with E-state index in [1.165, 1.54) is 6.92 Å². The van der Waals surface area contributed by atoms with Crippen molar-refractivity contribution in [2.24, 2.45) is 11.7 Å². The summed E-state index contributed by atoms with van der Waals surface area (Å²) in [6, 6.07) is 7.13. The molecule has 126 valence electrons. The molecular weight excluding hydrogens is 294 g/mol. The minimum Gasteiger partial charge on any atom is -0.381 e. The maximum absolute atomic E-state index is 12.1. The van der Waals surface area contributed by atoms with Crippen molar-refractivity contribution >= 4 is 17.5 Å². The molecule has 6 heteroatoms. The highest BCUT2D eigenvalue weighted by Gasteiger charge is 2.26. The third-order valence-corrected chi connectivity index (χ3v) is 4.06. The number of carbonyl (C=O) groups is 2. The molecule has 0 saturated carbocycles. The molecule has 1 fully saturated rings. The summed E-state index contributed by atoms with van der Waals surface area (Å²) in [6.07, 6.45) is 2.42. The molecule has 0 aliphatic carbocycles. The maximum atomic E-state index is 12.1. The lowest BCUT2D eigenvalue weighted by Crippen LogP contribution is -2.47. The zero-order valence-corrected chi connectivity index (χ0v) is 13.5. The van der Waals surface area contributed by atoms with Gasteiger partial charge in [-0.05, 0) is 42.9 Å². The summed E-state index contributed by atoms with van der Waals surface area (Å²) in [6.45, 7) is 3.40. The Kier molecular flexibility index (Phi) is 6.55. The van der Waals surface area contributed by atoms with Crippen molar-refractivity contribution in [2.45, 2.75) is 32.2 Å². The van der Waals surface area contributed by atoms with E-state index in [0.717, 1.165) is 30.5 Å². The van der Waals surface area contributed by atoms with Gasteiger partial charge < -0.3 is 21.1 Å². The van der Waals surface area contributed by atoms with Crippen molar-refractivity contribution in [3.8, 4) is 0 Å². The monoisotopic (exact) mass is 319 g/mol. The zero-order valence-electron chi connectivity index (χ0n) is 13.5. The Morgan fingerprint density at radius 1 is 1.26 bits per heavy atom. The fourth-order valence-corrected chi connectivity index (χ4v) is 2.69. The first-order chi connectivity index (χ1) is 11.1. The van der Waals surface area contributed by atoms with Gasteiger partial charge in [0.1, 0.15) is 0 Å². The van der Waals surface area contributed by atoms with Crippen LogP contribution in [0.25, 0.3) is 0 Å². The van der Waals surface area contributed by atoms with Crippen molar-refractivity contribution in [2.75, 3.05) is 25.1 Å². The number of nitrogens with two attached hydrogens (primary N) is 1. The fourth-order valence-electron chi connectivity index (χ4n) is 2.69. The summed E-state index contributed by atoms with van der Waals surface area (Å²) in [5, 5.41) is 5.62. The molecule has 1 aliphatic rings. The number of anilines is 1. The zero-order chi connectivity index (χ0) is 16.7. The lowest BCUT2D eigenvalue weighted by Gasteiger charge is -2.26. The van der Waals surface area contributed by atoms with E-state index in [0.29, 0.717) is 19.8 Å². The molecule has 1 aromatic carbocycles. The Morgan fingerprint density at radius 2 is 1.91 bits per heavy atom. The molecule has 1 saturated heterocycles. The molecule has 1 heterocycles. The molecule has 1 aromatic rings. The third-order valence-electron chi connectivity index (χ3n) is 4.06. The largest absolute Gasteiger partial charge is 0.381 e. The van der Waals surface area contributed by atoms with E-state index in [9.17, 15) is 9.59 Å². The molecule has 0 aromatic heterocycles. The Morgan fingerprint density at radius 3 is 2.52 bits per heavy atom. The van der Waals surface area contributed by atoms with Gasteiger partial charge in [0.25, 0.3) is 0 Å². The molecule has 4 N–H and O–H groups in total. The Hall–Kier alpha value is -1.92. The lowest BCUT2D eigenvalue weighted by atomic mass is 9.92. The predicted molar refractivity (Wildman–Crippen MR) is 89.0 cm³/mol. The quantitative estimate of drug-likeness (QED) is 0.731. The topological polar surface area (TPSA) is 93.5 Å². The minimum atomic E-state index is -0.457. The van der Waals surface area contributed by atoms with Crippen molar-refractivity contribution in [1.82, 2.24) is 5.32 Å². The van der Waals surface area contributed by atoms with E-state index in [1.807, 2.05) is 24.3 Å². The molecule has 2 amide bonds. The van der Waals surface area contributed by atoms with Crippen LogP contribution in [-0.4, -0.2) is 37.6 Å². The number of benzene rings is 1. The highest BCUT2D eigenvalue weighted by molar-refractivity contribution is 5.88. The van der Waals surface area contributed by atoms with Gasteiger partial charge >= 0.3 is 0 Å². The smallest absolute Gasteiger partial charge is 0.237 e. The summed E-state index contributed by atoms with van der Waals surface area (Å²) in [5.74, 6) is 0.0274. The number of amides is 2. The van der Waals surface area contributed by atoms with E-state index in [4.69, 9.17) is 10.5 Å². The van der Waals surface area contributed by atoms with Gasteiger partial charge in [0.2, 0.25) is 11.8 Å². The van der Waals surface area contributed by atoms with Crippen LogP contribution >= 0.6 is 0 Å². The average molecular weight is 319 g/mol. The van der Waals surface area contributed by atoms with E-state index in [-0.39, 0.29) is 17.7 Å². The summed E-state index contributed by atoms with van der Waals surface area (Å²) in [7, 11) is 0. The summed E-state index contributed by atoms with van der Waals surface area (Å²) < 4.78 is 5.29. The van der Waals surface area contributed by atoms with Crippen molar-refractivity contribution in [3.63, 3.8) is 0 Å². The van der Waals surface area contributed by atoms with Crippen molar-refractivity contribution in [3.05, 3.63) is 29.8 Å². The Bertz CT molecular complexity index is 524. The van der Waals surface area contributed by atoms with Crippen LogP contribution in [0.1, 0.15) is 25.3 Å². The van der Waals surface area contributed by atoms with Crippen LogP contribution in [-0.2, 0) is 20.7 Å². The van der Waals surface area contributed by atoms with Gasteiger partial charge in [0.05, 0.1) is 6.04 Å². The molecule has 23 heavy (non-hydrogen) atoms. The molecule has 0 radical (unpaired) electrons. The second-order valence-electron chi connectivity index (χ2n) is 5.89. The first-order valence-electron chi connectivity index (χ1n) is 8.04. The Labute approximate surface area is 136 Å². The predicted octanol–water partition coefficient (Wildman–Crippen LogP) is 1.06. The van der Waals surface area contributed by atoms with Gasteiger partial charge in [0.15, 0.2) is 0 Å². The minimum absolute atomic E-state index is 0.0906. The Balaban J connectivity index is 1.73. The van der Waals surface area contributed by atoms with Crippen LogP contribution in [0, 0.1) is 5.92 Å². The van der Waals surface area contributed by atoms with Crippen LogP contribution in [0.2, 0.25) is 0 Å². The standard InChI is InChI=1S/C17H25N3O3/c1-12(21)20-15-4-2-13(3-5-15)6-9-19-17(22)16(18)14-7-10-23-11-8-14/h2-5,14,16H,6-11,18H2,1H3,(H,19,22)(H,20,21). The van der Waals surface area contributed by atoms with Gasteiger partial charge in [-0.1, -0.05) is 12.1 Å². The fraction of sp³-hybridized carbons (Fsp3) is 0.529. The van der Waals surface area contributed by atoms with Crippen molar-refractivity contribution < 1.29 is 14.3 Å². The average Bonchev–Trinajstić information content (AvgIpc) is 2.56. The van der Waals surface area contributed by atoms with E-state index >= 15 is 0 Å². The molecule has 6 nitrogen and oxygen atoms in total. The summed E-state index contributed by atoms with van der Waals surface area (Å²) in [5.41, 5.74) is 7.90. The second-order valence-corrected chi connectivity index (χ2v) is 5.89. The van der Waals surface area contributed by atoms with Gasteiger partial charge in [0, 0.05) is 32.4 Å². The molecule has 1 aliphatic heterocycles. The van der Waals surface area contributed by atoms with Gasteiger partial charge in [-0.2, -0.15) is 0 Å². The van der Waals surface area contributed by atoms with E-state index in [2.05, 4.69) is 10.6 Å². The van der Waals surface area contributed by atoms with Gasteiger partial charge in [-0.15, -0.1) is 0 Å². The molecule has 0 bridgehead atoms.